The van der Waals surface area contributed by atoms with E-state index in [0.717, 1.165) is 4.90 Å². The summed E-state index contributed by atoms with van der Waals surface area (Å²) in [7, 11) is 1.79. The van der Waals surface area contributed by atoms with Crippen LogP contribution in [0.1, 0.15) is 18.5 Å². The van der Waals surface area contributed by atoms with E-state index in [2.05, 4.69) is 30.7 Å². The first kappa shape index (κ1) is 41.2. The van der Waals surface area contributed by atoms with E-state index in [9.17, 15) is 32.7 Å². The van der Waals surface area contributed by atoms with Crippen molar-refractivity contribution in [1.29, 1.82) is 0 Å². The van der Waals surface area contributed by atoms with Crippen LogP contribution in [0.5, 0.6) is 5.75 Å². The van der Waals surface area contributed by atoms with Crippen LogP contribution < -0.4 is 31.6 Å². The van der Waals surface area contributed by atoms with Crippen LogP contribution in [0.15, 0.2) is 90.2 Å². The number of aryl methyl sites for hydroxylation is 1. The summed E-state index contributed by atoms with van der Waals surface area (Å²) >= 11 is 5.73. The summed E-state index contributed by atoms with van der Waals surface area (Å²) in [5.74, 6) is 1.06. The van der Waals surface area contributed by atoms with E-state index in [4.69, 9.17) is 26.8 Å². The van der Waals surface area contributed by atoms with Gasteiger partial charge in [-0.1, -0.05) is 17.7 Å². The van der Waals surface area contributed by atoms with Crippen LogP contribution in [-0.2, 0) is 23.1 Å². The number of hydrogen-bond donors (Lipinski definition) is 4. The fourth-order valence-corrected chi connectivity index (χ4v) is 6.57. The number of aliphatic hydroxyl groups is 1. The average molecular weight is 848 g/mol. The zero-order chi connectivity index (χ0) is 42.7. The smallest absolute Gasteiger partial charge is 0.416 e. The minimum Gasteiger partial charge on any atom is -0.491 e. The minimum atomic E-state index is -2.75. The van der Waals surface area contributed by atoms with Crippen LogP contribution in [-0.4, -0.2) is 89.3 Å². The molecule has 6 aromatic rings. The van der Waals surface area contributed by atoms with E-state index >= 15 is 0 Å². The third-order valence-corrected chi connectivity index (χ3v) is 9.93. The first-order valence-electron chi connectivity index (χ1n) is 18.3. The maximum Gasteiger partial charge on any atom is 0.416 e. The van der Waals surface area contributed by atoms with Crippen LogP contribution in [0.3, 0.4) is 0 Å². The van der Waals surface area contributed by atoms with Crippen molar-refractivity contribution in [3.63, 3.8) is 0 Å². The third-order valence-electron chi connectivity index (χ3n) is 9.63. The normalized spacial score (nSPS) is 15.4. The number of carbonyl (C=O) groups excluding carboxylic acids is 2. The number of hydrogen-bond acceptors (Lipinski definition) is 12. The Kier molecular flexibility index (Phi) is 12.0. The second kappa shape index (κ2) is 17.5. The topological polar surface area (TPSA) is 210 Å². The molecular weight excluding hydrogens is 811 g/mol. The van der Waals surface area contributed by atoms with Gasteiger partial charge in [-0.2, -0.15) is 5.10 Å². The molecule has 21 heteroatoms. The summed E-state index contributed by atoms with van der Waals surface area (Å²) in [4.78, 5) is 50.0. The van der Waals surface area contributed by atoms with Gasteiger partial charge in [0.05, 0.1) is 41.7 Å². The number of nitrogens with two attached hydrogens (primary N) is 1. The molecular formula is C39H37ClF3N11O6. The summed E-state index contributed by atoms with van der Waals surface area (Å²) < 4.78 is 55.7. The molecule has 2 amide bonds. The van der Waals surface area contributed by atoms with Gasteiger partial charge in [0.1, 0.15) is 48.5 Å². The summed E-state index contributed by atoms with van der Waals surface area (Å²) in [6, 6.07) is 13.3. The number of aliphatic hydroxyl groups excluding tert-OH is 1. The van der Waals surface area contributed by atoms with Crippen molar-refractivity contribution < 1.29 is 37.3 Å². The predicted octanol–water partition coefficient (Wildman–Crippen LogP) is 4.98. The highest BCUT2D eigenvalue weighted by atomic mass is 35.5. The van der Waals surface area contributed by atoms with Gasteiger partial charge >= 0.3 is 6.09 Å². The Balaban J connectivity index is 0.000000182. The number of carbonyl (C=O) groups is 2. The molecule has 60 heavy (non-hydrogen) atoms. The number of cyclic esters (lactones) is 1. The van der Waals surface area contributed by atoms with Gasteiger partial charge in [-0.3, -0.25) is 14.3 Å². The second-order valence-electron chi connectivity index (χ2n) is 13.6. The highest BCUT2D eigenvalue weighted by molar-refractivity contribution is 6.30. The molecule has 17 nitrogen and oxygen atoms in total. The molecule has 1 fully saturated rings. The number of fused-ring (bicyclic) bond motifs is 3. The van der Waals surface area contributed by atoms with Crippen molar-refractivity contribution in [2.75, 3.05) is 35.4 Å². The Bertz CT molecular complexity index is 2600. The third kappa shape index (κ3) is 8.73. The molecule has 0 aliphatic carbocycles. The highest BCUT2D eigenvalue weighted by Crippen LogP contribution is 2.37. The fourth-order valence-electron chi connectivity index (χ4n) is 6.45. The Morgan fingerprint density at radius 1 is 1.07 bits per heavy atom. The number of alkyl halides is 2. The van der Waals surface area contributed by atoms with Gasteiger partial charge < -0.3 is 40.1 Å². The van der Waals surface area contributed by atoms with Crippen LogP contribution in [0.25, 0.3) is 22.6 Å². The maximum atomic E-state index is 13.8. The summed E-state index contributed by atoms with van der Waals surface area (Å²) in [5, 5.41) is 19.9. The number of nitrogens with one attached hydrogen (secondary N) is 2. The van der Waals surface area contributed by atoms with E-state index in [1.54, 1.807) is 84.3 Å². The number of aromatic nitrogens is 7. The lowest BCUT2D eigenvalue weighted by molar-refractivity contribution is -0.118. The van der Waals surface area contributed by atoms with Crippen molar-refractivity contribution in [2.45, 2.75) is 38.0 Å². The molecule has 312 valence electrons. The van der Waals surface area contributed by atoms with Gasteiger partial charge in [0.2, 0.25) is 11.9 Å². The molecule has 2 aliphatic rings. The van der Waals surface area contributed by atoms with Crippen LogP contribution in [0.4, 0.5) is 41.2 Å². The fraction of sp³-hybridized carbons (Fsp3) is 0.256. The first-order valence-corrected chi connectivity index (χ1v) is 18.7. The SMILES string of the molecule is CC(Nc1ccc2c(c1)OCCn1cc(N3C(=O)OCC3C(F)F)nc1-2)C(N)=O.Cn1nccc1Nc1nccc(-c2ccn(C(CO)c3ccc(Cl)c(F)c3)c(=O)c2)n1. The monoisotopic (exact) mass is 847 g/mol. The zero-order valence-corrected chi connectivity index (χ0v) is 32.6. The molecule has 6 heterocycles. The zero-order valence-electron chi connectivity index (χ0n) is 31.9. The minimum absolute atomic E-state index is 0.0255. The number of anilines is 4. The Labute approximate surface area is 344 Å². The van der Waals surface area contributed by atoms with Crippen LogP contribution >= 0.6 is 11.6 Å². The molecule has 5 N–H and O–H groups in total. The Hall–Kier alpha value is -6.93. The predicted molar refractivity (Wildman–Crippen MR) is 214 cm³/mol. The molecule has 2 aromatic carbocycles. The highest BCUT2D eigenvalue weighted by Gasteiger charge is 2.42. The Morgan fingerprint density at radius 2 is 1.88 bits per heavy atom. The van der Waals surface area contributed by atoms with Crippen molar-refractivity contribution in [3.8, 4) is 28.4 Å². The lowest BCUT2D eigenvalue weighted by atomic mass is 10.1. The van der Waals surface area contributed by atoms with Gasteiger partial charge in [-0.05, 0) is 48.9 Å². The molecule has 8 rings (SSSR count). The number of rotatable bonds is 11. The van der Waals surface area contributed by atoms with Crippen molar-refractivity contribution in [2.24, 2.45) is 12.8 Å². The molecule has 2 aliphatic heterocycles. The Morgan fingerprint density at radius 3 is 2.58 bits per heavy atom. The van der Waals surface area contributed by atoms with Crippen molar-refractivity contribution >= 4 is 46.9 Å². The first-order chi connectivity index (χ1) is 28.8. The standard InChI is InChI=1S/C21H18ClFN6O2.C18H19F2N5O4/c1-28-19(5-8-25-28)27-21-24-7-4-17(26-21)13-6-9-29(20(31)11-13)18(12-30)14-2-3-15(22)16(23)10-14;1-9(16(21)26)22-10-2-3-11-13(6-10)28-5-4-24-7-14(23-17(11)24)25-12(15(19)20)8-29-18(25)27/h2-11,18,30H,12H2,1H3,(H,24,26,27);2-3,6-7,9,12,15,22H,4-5,8H2,1H3,(H2,21,26). The molecule has 0 saturated carbocycles. The number of primary amides is 1. The van der Waals surface area contributed by atoms with Crippen molar-refractivity contribution in [1.82, 2.24) is 33.9 Å². The number of halogens is 4. The summed E-state index contributed by atoms with van der Waals surface area (Å²) in [5.41, 5.74) is 7.73. The maximum absolute atomic E-state index is 13.8. The largest absolute Gasteiger partial charge is 0.491 e. The van der Waals surface area contributed by atoms with E-state index in [0.29, 0.717) is 64.6 Å². The van der Waals surface area contributed by atoms with E-state index < -0.39 is 42.4 Å². The summed E-state index contributed by atoms with van der Waals surface area (Å²) in [6.07, 6.45) is 2.72. The van der Waals surface area contributed by atoms with Gasteiger partial charge in [-0.25, -0.2) is 37.8 Å². The number of ether oxygens (including phenoxy) is 2. The summed E-state index contributed by atoms with van der Waals surface area (Å²) in [6.45, 7) is 1.60. The number of pyridine rings is 1. The lowest BCUT2D eigenvalue weighted by Gasteiger charge is -2.18. The molecule has 0 spiro atoms. The number of nitrogens with zero attached hydrogens (tertiary/aromatic N) is 8. The molecule has 0 bridgehead atoms. The molecule has 1 saturated heterocycles. The van der Waals surface area contributed by atoms with Gasteiger partial charge in [0, 0.05) is 55.1 Å². The van der Waals surface area contributed by atoms with Gasteiger partial charge in [0.15, 0.2) is 5.82 Å². The number of benzene rings is 2. The molecule has 0 radical (unpaired) electrons. The molecule has 3 unspecified atom stereocenters. The van der Waals surface area contributed by atoms with Crippen molar-refractivity contribution in [3.05, 3.63) is 112 Å². The molecule has 3 atom stereocenters. The average Bonchev–Trinajstić information content (AvgIpc) is 3.92. The van der Waals surface area contributed by atoms with Gasteiger partial charge in [0.25, 0.3) is 12.0 Å². The van der Waals surface area contributed by atoms with E-state index in [1.165, 1.54) is 29.0 Å². The second-order valence-corrected chi connectivity index (χ2v) is 14.0. The molecule has 4 aromatic heterocycles. The van der Waals surface area contributed by atoms with Crippen LogP contribution in [0.2, 0.25) is 5.02 Å². The van der Waals surface area contributed by atoms with E-state index in [-0.39, 0.29) is 29.6 Å². The lowest BCUT2D eigenvalue weighted by Crippen LogP contribution is -2.38. The number of imidazole rings is 1. The quantitative estimate of drug-likeness (QED) is 0.136. The van der Waals surface area contributed by atoms with Gasteiger partial charge in [-0.15, -0.1) is 0 Å². The van der Waals surface area contributed by atoms with Crippen LogP contribution in [0, 0.1) is 5.82 Å². The number of amides is 2. The van der Waals surface area contributed by atoms with E-state index in [1.807, 2.05) is 0 Å².